The Balaban J connectivity index is 2.49. The molecule has 0 unspecified atom stereocenters. The zero-order chi connectivity index (χ0) is 10.8. The molecule has 80 valence electrons. The lowest BCUT2D eigenvalue weighted by Gasteiger charge is -2.15. The van der Waals surface area contributed by atoms with Crippen LogP contribution in [0.25, 0.3) is 0 Å². The molecule has 0 saturated heterocycles. The molecule has 0 bridgehead atoms. The van der Waals surface area contributed by atoms with E-state index < -0.39 is 0 Å². The molecule has 1 aromatic rings. The number of rotatable bonds is 1. The van der Waals surface area contributed by atoms with Crippen molar-refractivity contribution in [2.24, 2.45) is 0 Å². The number of aryl methyl sites for hydroxylation is 2. The minimum absolute atomic E-state index is 0.221. The van der Waals surface area contributed by atoms with Crippen LogP contribution in [0.1, 0.15) is 34.5 Å². The van der Waals surface area contributed by atoms with Gasteiger partial charge in [0, 0.05) is 12.7 Å². The molecule has 0 aliphatic heterocycles. The molecule has 2 N–H and O–H groups in total. The van der Waals surface area contributed by atoms with Gasteiger partial charge in [0.25, 0.3) is 11.5 Å². The molecule has 0 spiro atoms. The lowest BCUT2D eigenvalue weighted by Crippen LogP contribution is -2.28. The fourth-order valence-corrected chi connectivity index (χ4v) is 1.98. The van der Waals surface area contributed by atoms with E-state index in [0.29, 0.717) is 0 Å². The molecule has 1 amide bonds. The lowest BCUT2D eigenvalue weighted by molar-refractivity contribution is 0.0961. The Morgan fingerprint density at radius 3 is 2.87 bits per heavy atom. The van der Waals surface area contributed by atoms with E-state index in [1.807, 2.05) is 0 Å². The minimum atomic E-state index is -0.315. The van der Waals surface area contributed by atoms with Crippen LogP contribution in [0, 0.1) is 0 Å². The average molecular weight is 206 g/mol. The van der Waals surface area contributed by atoms with Gasteiger partial charge in [-0.2, -0.15) is 0 Å². The van der Waals surface area contributed by atoms with Crippen LogP contribution in [0.5, 0.6) is 0 Å². The standard InChI is InChI=1S/C11H14N2O2/c1-12-10(14)8-6-7-4-2-3-5-9(7)13-11(8)15/h6H,2-5H2,1H3,(H,12,14)(H,13,15). The molecule has 2 rings (SSSR count). The first-order chi connectivity index (χ1) is 7.22. The van der Waals surface area contributed by atoms with Gasteiger partial charge in [0.1, 0.15) is 5.56 Å². The monoisotopic (exact) mass is 206 g/mol. The topological polar surface area (TPSA) is 62.0 Å². The van der Waals surface area contributed by atoms with Crippen LogP contribution >= 0.6 is 0 Å². The molecule has 1 aliphatic carbocycles. The number of amides is 1. The Hall–Kier alpha value is -1.58. The first kappa shape index (κ1) is 9.96. The molecule has 1 heterocycles. The maximum absolute atomic E-state index is 11.6. The lowest BCUT2D eigenvalue weighted by atomic mass is 9.95. The van der Waals surface area contributed by atoms with Gasteiger partial charge >= 0.3 is 0 Å². The van der Waals surface area contributed by atoms with Crippen molar-refractivity contribution in [1.82, 2.24) is 10.3 Å². The normalized spacial score (nSPS) is 14.5. The summed E-state index contributed by atoms with van der Waals surface area (Å²) in [6.45, 7) is 0. The van der Waals surface area contributed by atoms with E-state index in [1.54, 1.807) is 6.07 Å². The number of nitrogens with one attached hydrogen (secondary N) is 2. The van der Waals surface area contributed by atoms with Crippen molar-refractivity contribution in [3.63, 3.8) is 0 Å². The van der Waals surface area contributed by atoms with E-state index in [4.69, 9.17) is 0 Å². The second-order valence-electron chi connectivity index (χ2n) is 3.80. The third-order valence-corrected chi connectivity index (χ3v) is 2.81. The number of carbonyl (C=O) groups excluding carboxylic acids is 1. The van der Waals surface area contributed by atoms with Gasteiger partial charge in [-0.15, -0.1) is 0 Å². The van der Waals surface area contributed by atoms with E-state index in [2.05, 4.69) is 10.3 Å². The van der Waals surface area contributed by atoms with Crippen molar-refractivity contribution in [3.05, 3.63) is 33.2 Å². The summed E-state index contributed by atoms with van der Waals surface area (Å²) in [5.41, 5.74) is 2.05. The summed E-state index contributed by atoms with van der Waals surface area (Å²) < 4.78 is 0. The second kappa shape index (κ2) is 3.88. The minimum Gasteiger partial charge on any atom is -0.355 e. The maximum atomic E-state index is 11.6. The molecule has 0 radical (unpaired) electrons. The highest BCUT2D eigenvalue weighted by atomic mass is 16.2. The van der Waals surface area contributed by atoms with Gasteiger partial charge in [0.15, 0.2) is 0 Å². The van der Waals surface area contributed by atoms with E-state index in [0.717, 1.165) is 36.9 Å². The number of aromatic amines is 1. The summed E-state index contributed by atoms with van der Waals surface area (Å²) in [7, 11) is 1.53. The van der Waals surface area contributed by atoms with Crippen LogP contribution in [0.4, 0.5) is 0 Å². The number of hydrogen-bond acceptors (Lipinski definition) is 2. The summed E-state index contributed by atoms with van der Waals surface area (Å²) >= 11 is 0. The fraction of sp³-hybridized carbons (Fsp3) is 0.455. The number of carbonyl (C=O) groups is 1. The second-order valence-corrected chi connectivity index (χ2v) is 3.80. The van der Waals surface area contributed by atoms with Crippen molar-refractivity contribution in [1.29, 1.82) is 0 Å². The molecule has 0 atom stereocenters. The summed E-state index contributed by atoms with van der Waals surface area (Å²) in [6.07, 6.45) is 4.11. The van der Waals surface area contributed by atoms with Gasteiger partial charge in [-0.1, -0.05) is 0 Å². The van der Waals surface area contributed by atoms with Gasteiger partial charge in [0.2, 0.25) is 0 Å². The molecule has 1 aliphatic rings. The number of fused-ring (bicyclic) bond motifs is 1. The molecule has 15 heavy (non-hydrogen) atoms. The Labute approximate surface area is 87.7 Å². The number of H-pyrrole nitrogens is 1. The molecule has 4 nitrogen and oxygen atoms in total. The molecule has 0 fully saturated rings. The van der Waals surface area contributed by atoms with E-state index in [1.165, 1.54) is 7.05 Å². The quantitative estimate of drug-likeness (QED) is 0.707. The number of pyridine rings is 1. The van der Waals surface area contributed by atoms with Crippen LogP contribution in [0.2, 0.25) is 0 Å². The van der Waals surface area contributed by atoms with E-state index in [-0.39, 0.29) is 17.0 Å². The molecule has 4 heteroatoms. The Kier molecular flexibility index (Phi) is 2.58. The highest BCUT2D eigenvalue weighted by Gasteiger charge is 2.15. The summed E-state index contributed by atoms with van der Waals surface area (Å²) in [5.74, 6) is -0.315. The predicted octanol–water partition coefficient (Wildman–Crippen LogP) is 0.613. The molecule has 1 aromatic heterocycles. The van der Waals surface area contributed by atoms with Crippen LogP contribution in [0.3, 0.4) is 0 Å². The predicted molar refractivity (Wildman–Crippen MR) is 57.1 cm³/mol. The smallest absolute Gasteiger partial charge is 0.261 e. The first-order valence-electron chi connectivity index (χ1n) is 5.19. The Morgan fingerprint density at radius 1 is 1.40 bits per heavy atom. The van der Waals surface area contributed by atoms with Gasteiger partial charge < -0.3 is 10.3 Å². The van der Waals surface area contributed by atoms with E-state index in [9.17, 15) is 9.59 Å². The van der Waals surface area contributed by atoms with Gasteiger partial charge in [-0.05, 0) is 37.3 Å². The summed E-state index contributed by atoms with van der Waals surface area (Å²) in [6, 6.07) is 1.73. The third-order valence-electron chi connectivity index (χ3n) is 2.81. The van der Waals surface area contributed by atoms with Gasteiger partial charge in [-0.3, -0.25) is 9.59 Å². The van der Waals surface area contributed by atoms with Gasteiger partial charge in [-0.25, -0.2) is 0 Å². The zero-order valence-electron chi connectivity index (χ0n) is 8.72. The Bertz CT molecular complexity index is 448. The third kappa shape index (κ3) is 1.79. The maximum Gasteiger partial charge on any atom is 0.261 e. The fourth-order valence-electron chi connectivity index (χ4n) is 1.98. The van der Waals surface area contributed by atoms with Crippen molar-refractivity contribution >= 4 is 5.91 Å². The highest BCUT2D eigenvalue weighted by molar-refractivity contribution is 5.93. The summed E-state index contributed by atoms with van der Waals surface area (Å²) in [5, 5.41) is 2.47. The molecule has 0 saturated carbocycles. The van der Waals surface area contributed by atoms with E-state index >= 15 is 0 Å². The Morgan fingerprint density at radius 2 is 2.13 bits per heavy atom. The van der Waals surface area contributed by atoms with Crippen LogP contribution in [-0.2, 0) is 12.8 Å². The zero-order valence-corrected chi connectivity index (χ0v) is 8.72. The summed E-state index contributed by atoms with van der Waals surface area (Å²) in [4.78, 5) is 25.8. The number of hydrogen-bond donors (Lipinski definition) is 2. The average Bonchev–Trinajstić information content (AvgIpc) is 2.27. The van der Waals surface area contributed by atoms with Crippen molar-refractivity contribution in [2.45, 2.75) is 25.7 Å². The number of aromatic nitrogens is 1. The molecular weight excluding hydrogens is 192 g/mol. The first-order valence-corrected chi connectivity index (χ1v) is 5.19. The van der Waals surface area contributed by atoms with Crippen molar-refractivity contribution < 1.29 is 4.79 Å². The highest BCUT2D eigenvalue weighted by Crippen LogP contribution is 2.18. The van der Waals surface area contributed by atoms with Crippen molar-refractivity contribution in [2.75, 3.05) is 7.05 Å². The van der Waals surface area contributed by atoms with Crippen LogP contribution < -0.4 is 10.9 Å². The van der Waals surface area contributed by atoms with Crippen LogP contribution in [-0.4, -0.2) is 17.9 Å². The largest absolute Gasteiger partial charge is 0.355 e. The van der Waals surface area contributed by atoms with Crippen LogP contribution in [0.15, 0.2) is 10.9 Å². The van der Waals surface area contributed by atoms with Gasteiger partial charge in [0.05, 0.1) is 0 Å². The molecular formula is C11H14N2O2. The molecule has 0 aromatic carbocycles. The SMILES string of the molecule is CNC(=O)c1cc2c([nH]c1=O)CCCC2. The van der Waals surface area contributed by atoms with Crippen molar-refractivity contribution in [3.8, 4) is 0 Å².